The maximum absolute atomic E-state index is 5.40. The van der Waals surface area contributed by atoms with Crippen molar-refractivity contribution in [3.8, 4) is 0 Å². The summed E-state index contributed by atoms with van der Waals surface area (Å²) in [6.45, 7) is 7.81. The third-order valence-electron chi connectivity index (χ3n) is 1.69. The second-order valence-electron chi connectivity index (χ2n) is 2.81. The van der Waals surface area contributed by atoms with Crippen LogP contribution in [0.1, 0.15) is 40.0 Å². The first-order valence-electron chi connectivity index (χ1n) is 5.37. The highest BCUT2D eigenvalue weighted by molar-refractivity contribution is 5.22. The molecule has 0 fully saturated rings. The van der Waals surface area contributed by atoms with Crippen molar-refractivity contribution in [1.82, 2.24) is 0 Å². The van der Waals surface area contributed by atoms with Crippen molar-refractivity contribution in [2.24, 2.45) is 0 Å². The maximum Gasteiger partial charge on any atom is 0.0713 e. The third kappa shape index (κ3) is 6.59. The van der Waals surface area contributed by atoms with Crippen LogP contribution in [0.5, 0.6) is 0 Å². The average Bonchev–Trinajstić information content (AvgIpc) is 2.23. The Balaban J connectivity index is 0.000000671. The minimum absolute atomic E-state index is 0.796. The summed E-state index contributed by atoms with van der Waals surface area (Å²) in [7, 11) is 0. The lowest BCUT2D eigenvalue weighted by Crippen LogP contribution is -1.98. The van der Waals surface area contributed by atoms with Crippen LogP contribution in [0, 0.1) is 0 Å². The summed E-state index contributed by atoms with van der Waals surface area (Å²) in [6.07, 6.45) is 10.1. The van der Waals surface area contributed by atoms with Crippen LogP contribution in [0.3, 0.4) is 0 Å². The van der Waals surface area contributed by atoms with E-state index in [9.17, 15) is 0 Å². The van der Waals surface area contributed by atoms with Gasteiger partial charge < -0.3 is 4.74 Å². The van der Waals surface area contributed by atoms with Gasteiger partial charge in [-0.2, -0.15) is 0 Å². The summed E-state index contributed by atoms with van der Waals surface area (Å²) in [5.41, 5.74) is 1.34. The summed E-state index contributed by atoms with van der Waals surface area (Å²) in [5.74, 6) is 0. The molecule has 0 aromatic heterocycles. The van der Waals surface area contributed by atoms with Gasteiger partial charge in [0.05, 0.1) is 6.61 Å². The molecule has 0 saturated carbocycles. The van der Waals surface area contributed by atoms with Crippen molar-refractivity contribution < 1.29 is 4.74 Å². The van der Waals surface area contributed by atoms with Crippen LogP contribution in [-0.2, 0) is 4.74 Å². The topological polar surface area (TPSA) is 9.23 Å². The fraction of sp³-hybridized carbons (Fsp3) is 0.667. The van der Waals surface area contributed by atoms with E-state index in [2.05, 4.69) is 25.2 Å². The normalized spacial score (nSPS) is 14.5. The minimum atomic E-state index is 0.796. The van der Waals surface area contributed by atoms with Gasteiger partial charge >= 0.3 is 0 Å². The zero-order valence-electron chi connectivity index (χ0n) is 9.18. The van der Waals surface area contributed by atoms with E-state index in [0.717, 1.165) is 19.6 Å². The largest absolute Gasteiger partial charge is 0.377 e. The Hall–Kier alpha value is -0.560. The SMILES string of the molecule is CC.CCCOCC1=CCCC=C1. The van der Waals surface area contributed by atoms with Gasteiger partial charge in [0, 0.05) is 6.61 Å². The van der Waals surface area contributed by atoms with Crippen molar-refractivity contribution in [2.45, 2.75) is 40.0 Å². The molecular formula is C12H22O. The highest BCUT2D eigenvalue weighted by Crippen LogP contribution is 2.09. The van der Waals surface area contributed by atoms with Gasteiger partial charge in [-0.3, -0.25) is 0 Å². The monoisotopic (exact) mass is 182 g/mol. The van der Waals surface area contributed by atoms with E-state index < -0.39 is 0 Å². The van der Waals surface area contributed by atoms with Gasteiger partial charge in [0.1, 0.15) is 0 Å². The third-order valence-corrected chi connectivity index (χ3v) is 1.69. The zero-order chi connectivity index (χ0) is 9.94. The molecule has 0 unspecified atom stereocenters. The van der Waals surface area contributed by atoms with Gasteiger partial charge in [-0.1, -0.05) is 39.0 Å². The van der Waals surface area contributed by atoms with Crippen LogP contribution < -0.4 is 0 Å². The van der Waals surface area contributed by atoms with E-state index in [1.165, 1.54) is 18.4 Å². The predicted octanol–water partition coefficient (Wildman–Crippen LogP) is 3.72. The molecule has 13 heavy (non-hydrogen) atoms. The van der Waals surface area contributed by atoms with E-state index in [1.54, 1.807) is 0 Å². The maximum atomic E-state index is 5.40. The number of hydrogen-bond donors (Lipinski definition) is 0. The number of ether oxygens (including phenoxy) is 1. The molecule has 1 heteroatoms. The minimum Gasteiger partial charge on any atom is -0.377 e. The number of allylic oxidation sites excluding steroid dienone is 2. The van der Waals surface area contributed by atoms with Crippen molar-refractivity contribution in [1.29, 1.82) is 0 Å². The Bertz CT molecular complexity index is 157. The molecule has 0 aliphatic heterocycles. The van der Waals surface area contributed by atoms with Crippen LogP contribution >= 0.6 is 0 Å². The summed E-state index contributed by atoms with van der Waals surface area (Å²) in [6, 6.07) is 0. The molecular weight excluding hydrogens is 160 g/mol. The Morgan fingerprint density at radius 3 is 2.62 bits per heavy atom. The summed E-state index contributed by atoms with van der Waals surface area (Å²) in [4.78, 5) is 0. The first-order chi connectivity index (χ1) is 6.43. The summed E-state index contributed by atoms with van der Waals surface area (Å²) in [5, 5.41) is 0. The number of hydrogen-bond acceptors (Lipinski definition) is 1. The number of rotatable bonds is 4. The zero-order valence-corrected chi connectivity index (χ0v) is 9.18. The first kappa shape index (κ1) is 12.4. The standard InChI is InChI=1S/C10H16O.C2H6/c1-2-8-11-9-10-6-4-3-5-7-10;1-2/h4,6-7H,2-3,5,8-9H2,1H3;1-2H3. The fourth-order valence-electron chi connectivity index (χ4n) is 1.11. The van der Waals surface area contributed by atoms with Gasteiger partial charge in [-0.15, -0.1) is 0 Å². The van der Waals surface area contributed by atoms with Crippen molar-refractivity contribution in [2.75, 3.05) is 13.2 Å². The molecule has 0 aromatic rings. The van der Waals surface area contributed by atoms with Gasteiger partial charge in [0.25, 0.3) is 0 Å². The van der Waals surface area contributed by atoms with E-state index >= 15 is 0 Å². The molecule has 1 rings (SSSR count). The lowest BCUT2D eigenvalue weighted by molar-refractivity contribution is 0.158. The summed E-state index contributed by atoms with van der Waals surface area (Å²) < 4.78 is 5.40. The Kier molecular flexibility index (Phi) is 9.12. The van der Waals surface area contributed by atoms with Crippen LogP contribution in [0.25, 0.3) is 0 Å². The Morgan fingerprint density at radius 2 is 2.08 bits per heavy atom. The second kappa shape index (κ2) is 9.53. The summed E-state index contributed by atoms with van der Waals surface area (Å²) >= 11 is 0. The fourth-order valence-corrected chi connectivity index (χ4v) is 1.11. The molecule has 76 valence electrons. The molecule has 1 aliphatic carbocycles. The smallest absolute Gasteiger partial charge is 0.0713 e. The predicted molar refractivity (Wildman–Crippen MR) is 58.9 cm³/mol. The highest BCUT2D eigenvalue weighted by Gasteiger charge is 1.95. The van der Waals surface area contributed by atoms with Crippen LogP contribution in [0.4, 0.5) is 0 Å². The molecule has 0 spiro atoms. The molecule has 1 aliphatic rings. The van der Waals surface area contributed by atoms with Crippen LogP contribution in [0.15, 0.2) is 23.8 Å². The van der Waals surface area contributed by atoms with E-state index in [4.69, 9.17) is 4.74 Å². The van der Waals surface area contributed by atoms with Crippen molar-refractivity contribution in [3.63, 3.8) is 0 Å². The lowest BCUT2D eigenvalue weighted by Gasteiger charge is -2.06. The van der Waals surface area contributed by atoms with Crippen LogP contribution in [0.2, 0.25) is 0 Å². The molecule has 0 bridgehead atoms. The molecule has 0 aromatic carbocycles. The van der Waals surface area contributed by atoms with Gasteiger partial charge in [-0.05, 0) is 24.8 Å². The second-order valence-corrected chi connectivity index (χ2v) is 2.81. The molecule has 0 N–H and O–H groups in total. The lowest BCUT2D eigenvalue weighted by atomic mass is 10.1. The van der Waals surface area contributed by atoms with E-state index in [-0.39, 0.29) is 0 Å². The van der Waals surface area contributed by atoms with Crippen LogP contribution in [-0.4, -0.2) is 13.2 Å². The van der Waals surface area contributed by atoms with E-state index in [1.807, 2.05) is 13.8 Å². The quantitative estimate of drug-likeness (QED) is 0.602. The Morgan fingerprint density at radius 1 is 1.31 bits per heavy atom. The first-order valence-corrected chi connectivity index (χ1v) is 5.37. The highest BCUT2D eigenvalue weighted by atomic mass is 16.5. The van der Waals surface area contributed by atoms with Gasteiger partial charge in [0.15, 0.2) is 0 Å². The van der Waals surface area contributed by atoms with E-state index in [0.29, 0.717) is 0 Å². The molecule has 0 saturated heterocycles. The van der Waals surface area contributed by atoms with Crippen molar-refractivity contribution in [3.05, 3.63) is 23.8 Å². The molecule has 0 atom stereocenters. The van der Waals surface area contributed by atoms with Gasteiger partial charge in [0.2, 0.25) is 0 Å². The molecule has 0 radical (unpaired) electrons. The molecule has 1 nitrogen and oxygen atoms in total. The Labute approximate surface area is 82.5 Å². The van der Waals surface area contributed by atoms with Crippen molar-refractivity contribution >= 4 is 0 Å². The average molecular weight is 182 g/mol. The van der Waals surface area contributed by atoms with Gasteiger partial charge in [-0.25, -0.2) is 0 Å². The molecule has 0 amide bonds. The molecule has 0 heterocycles.